The third kappa shape index (κ3) is 2.46. The van der Waals surface area contributed by atoms with E-state index < -0.39 is 10.0 Å². The molecule has 2 aliphatic heterocycles. The fraction of sp³-hybridized carbons (Fsp3) is 0.538. The predicted molar refractivity (Wildman–Crippen MR) is 75.5 cm³/mol. The minimum atomic E-state index is -3.39. The fourth-order valence-corrected chi connectivity index (χ4v) is 4.54. The first-order chi connectivity index (χ1) is 8.96. The van der Waals surface area contributed by atoms with E-state index in [4.69, 9.17) is 4.74 Å². The number of aryl methyl sites for hydroxylation is 1. The molecule has 0 saturated carbocycles. The minimum absolute atomic E-state index is 0.0741. The minimum Gasteiger partial charge on any atom is -0.372 e. The van der Waals surface area contributed by atoms with Crippen molar-refractivity contribution in [2.75, 3.05) is 13.1 Å². The van der Waals surface area contributed by atoms with Crippen LogP contribution in [0.15, 0.2) is 27.6 Å². The summed E-state index contributed by atoms with van der Waals surface area (Å²) in [4.78, 5) is 0.370. The molecule has 1 aromatic rings. The Kier molecular flexibility index (Phi) is 3.45. The van der Waals surface area contributed by atoms with Crippen LogP contribution >= 0.6 is 15.9 Å². The van der Waals surface area contributed by atoms with Gasteiger partial charge in [0.25, 0.3) is 0 Å². The van der Waals surface area contributed by atoms with Crippen LogP contribution in [-0.4, -0.2) is 38.0 Å². The lowest BCUT2D eigenvalue weighted by Crippen LogP contribution is -2.45. The van der Waals surface area contributed by atoms with Gasteiger partial charge in [-0.1, -0.05) is 15.9 Å². The summed E-state index contributed by atoms with van der Waals surface area (Å²) in [6, 6.07) is 5.16. The van der Waals surface area contributed by atoms with Gasteiger partial charge in [0.15, 0.2) is 0 Å². The predicted octanol–water partition coefficient (Wildman–Crippen LogP) is 2.31. The van der Waals surface area contributed by atoms with Crippen molar-refractivity contribution in [3.05, 3.63) is 28.2 Å². The summed E-state index contributed by atoms with van der Waals surface area (Å²) in [5.74, 6) is 0. The van der Waals surface area contributed by atoms with E-state index >= 15 is 0 Å². The van der Waals surface area contributed by atoms with E-state index in [0.717, 1.165) is 22.9 Å². The Morgan fingerprint density at radius 2 is 1.89 bits per heavy atom. The Morgan fingerprint density at radius 3 is 2.47 bits per heavy atom. The van der Waals surface area contributed by atoms with Crippen molar-refractivity contribution in [3.63, 3.8) is 0 Å². The molecule has 2 saturated heterocycles. The van der Waals surface area contributed by atoms with Gasteiger partial charge in [-0.05, 0) is 43.5 Å². The number of fused-ring (bicyclic) bond motifs is 2. The molecule has 2 fully saturated rings. The molecule has 6 heteroatoms. The molecule has 0 aromatic heterocycles. The molecular formula is C13H16BrNO3S. The summed E-state index contributed by atoms with van der Waals surface area (Å²) in [5, 5.41) is 0. The number of hydrogen-bond donors (Lipinski definition) is 0. The molecule has 2 aliphatic rings. The average molecular weight is 346 g/mol. The molecule has 0 radical (unpaired) electrons. The highest BCUT2D eigenvalue weighted by molar-refractivity contribution is 9.10. The van der Waals surface area contributed by atoms with Crippen LogP contribution in [0, 0.1) is 6.92 Å². The van der Waals surface area contributed by atoms with Gasteiger partial charge in [0.1, 0.15) is 0 Å². The molecular weight excluding hydrogens is 330 g/mol. The average Bonchev–Trinajstić information content (AvgIpc) is 2.71. The number of halogens is 1. The second-order valence-electron chi connectivity index (χ2n) is 5.19. The van der Waals surface area contributed by atoms with Gasteiger partial charge in [0.2, 0.25) is 10.0 Å². The van der Waals surface area contributed by atoms with Crippen LogP contribution in [0.1, 0.15) is 18.4 Å². The number of morpholine rings is 1. The highest BCUT2D eigenvalue weighted by Crippen LogP contribution is 2.30. The number of sulfonamides is 1. The Bertz CT molecular complexity index is 590. The van der Waals surface area contributed by atoms with E-state index in [2.05, 4.69) is 15.9 Å². The zero-order valence-electron chi connectivity index (χ0n) is 10.7. The van der Waals surface area contributed by atoms with Gasteiger partial charge >= 0.3 is 0 Å². The summed E-state index contributed by atoms with van der Waals surface area (Å²) in [6.07, 6.45) is 2.08. The van der Waals surface area contributed by atoms with E-state index in [1.165, 1.54) is 0 Å². The van der Waals surface area contributed by atoms with Gasteiger partial charge in [-0.3, -0.25) is 0 Å². The summed E-state index contributed by atoms with van der Waals surface area (Å²) in [7, 11) is -3.39. The monoisotopic (exact) mass is 345 g/mol. The third-order valence-corrected chi connectivity index (χ3v) is 6.49. The first-order valence-corrected chi connectivity index (χ1v) is 8.62. The van der Waals surface area contributed by atoms with E-state index in [1.54, 1.807) is 22.5 Å². The first-order valence-electron chi connectivity index (χ1n) is 6.38. The van der Waals surface area contributed by atoms with Crippen molar-refractivity contribution < 1.29 is 13.2 Å². The molecule has 2 atom stereocenters. The maximum Gasteiger partial charge on any atom is 0.243 e. The molecule has 0 amide bonds. The van der Waals surface area contributed by atoms with Crippen molar-refractivity contribution in [3.8, 4) is 0 Å². The SMILES string of the molecule is Cc1cc(S(=O)(=O)N2CC3CCC(C2)O3)ccc1Br. The van der Waals surface area contributed by atoms with Crippen molar-refractivity contribution in [2.45, 2.75) is 36.9 Å². The molecule has 0 aliphatic carbocycles. The normalized spacial score (nSPS) is 27.7. The number of nitrogens with zero attached hydrogens (tertiary/aromatic N) is 1. The van der Waals surface area contributed by atoms with Crippen molar-refractivity contribution in [1.29, 1.82) is 0 Å². The van der Waals surface area contributed by atoms with E-state index in [-0.39, 0.29) is 12.2 Å². The quantitative estimate of drug-likeness (QED) is 0.826. The standard InChI is InChI=1S/C13H16BrNO3S/c1-9-6-12(4-5-13(9)14)19(16,17)15-7-10-2-3-11(8-15)18-10/h4-6,10-11H,2-3,7-8H2,1H3. The smallest absolute Gasteiger partial charge is 0.243 e. The molecule has 2 heterocycles. The summed E-state index contributed by atoms with van der Waals surface area (Å²) in [6.45, 7) is 2.86. The fourth-order valence-electron chi connectivity index (χ4n) is 2.70. The van der Waals surface area contributed by atoms with Gasteiger partial charge in [0, 0.05) is 17.6 Å². The molecule has 0 spiro atoms. The Balaban J connectivity index is 1.91. The zero-order valence-corrected chi connectivity index (χ0v) is 13.1. The van der Waals surface area contributed by atoms with Crippen LogP contribution in [0.4, 0.5) is 0 Å². The first kappa shape index (κ1) is 13.5. The van der Waals surface area contributed by atoms with Crippen LogP contribution in [0.3, 0.4) is 0 Å². The second kappa shape index (κ2) is 4.84. The molecule has 4 nitrogen and oxygen atoms in total. The van der Waals surface area contributed by atoms with Crippen LogP contribution in [0.5, 0.6) is 0 Å². The number of hydrogen-bond acceptors (Lipinski definition) is 3. The Labute approximate surface area is 121 Å². The van der Waals surface area contributed by atoms with Crippen LogP contribution in [-0.2, 0) is 14.8 Å². The van der Waals surface area contributed by atoms with E-state index in [0.29, 0.717) is 18.0 Å². The Morgan fingerprint density at radius 1 is 1.26 bits per heavy atom. The molecule has 104 valence electrons. The molecule has 0 N–H and O–H groups in total. The lowest BCUT2D eigenvalue weighted by Gasteiger charge is -2.31. The zero-order chi connectivity index (χ0) is 13.6. The van der Waals surface area contributed by atoms with Crippen LogP contribution in [0.2, 0.25) is 0 Å². The van der Waals surface area contributed by atoms with Crippen LogP contribution < -0.4 is 0 Å². The lowest BCUT2D eigenvalue weighted by atomic mass is 10.2. The maximum absolute atomic E-state index is 12.6. The molecule has 2 unspecified atom stereocenters. The maximum atomic E-state index is 12.6. The number of benzene rings is 1. The highest BCUT2D eigenvalue weighted by atomic mass is 79.9. The van der Waals surface area contributed by atoms with Gasteiger partial charge in [0.05, 0.1) is 17.1 Å². The Hall–Kier alpha value is -0.430. The van der Waals surface area contributed by atoms with Crippen molar-refractivity contribution >= 4 is 26.0 Å². The van der Waals surface area contributed by atoms with Gasteiger partial charge in [-0.2, -0.15) is 4.31 Å². The van der Waals surface area contributed by atoms with E-state index in [9.17, 15) is 8.42 Å². The van der Waals surface area contributed by atoms with Gasteiger partial charge in [-0.15, -0.1) is 0 Å². The number of rotatable bonds is 2. The van der Waals surface area contributed by atoms with Gasteiger partial charge in [-0.25, -0.2) is 8.42 Å². The third-order valence-electron chi connectivity index (χ3n) is 3.78. The van der Waals surface area contributed by atoms with E-state index in [1.807, 2.05) is 6.92 Å². The summed E-state index contributed by atoms with van der Waals surface area (Å²) >= 11 is 3.39. The van der Waals surface area contributed by atoms with Crippen LogP contribution in [0.25, 0.3) is 0 Å². The molecule has 1 aromatic carbocycles. The molecule has 3 rings (SSSR count). The van der Waals surface area contributed by atoms with Crippen molar-refractivity contribution in [1.82, 2.24) is 4.31 Å². The lowest BCUT2D eigenvalue weighted by molar-refractivity contribution is -0.0114. The summed E-state index contributed by atoms with van der Waals surface area (Å²) < 4.78 is 33.4. The molecule has 2 bridgehead atoms. The number of ether oxygens (including phenoxy) is 1. The highest BCUT2D eigenvalue weighted by Gasteiger charge is 2.39. The molecule has 19 heavy (non-hydrogen) atoms. The second-order valence-corrected chi connectivity index (χ2v) is 7.98. The summed E-state index contributed by atoms with van der Waals surface area (Å²) in [5.41, 5.74) is 0.928. The van der Waals surface area contributed by atoms with Gasteiger partial charge < -0.3 is 4.74 Å². The topological polar surface area (TPSA) is 46.6 Å². The largest absolute Gasteiger partial charge is 0.372 e. The van der Waals surface area contributed by atoms with Crippen molar-refractivity contribution in [2.24, 2.45) is 0 Å².